The maximum atomic E-state index is 5.85. The van der Waals surface area contributed by atoms with Gasteiger partial charge in [-0.05, 0) is 25.8 Å². The average Bonchev–Trinajstić information content (AvgIpc) is 2.56. The fourth-order valence-electron chi connectivity index (χ4n) is 2.42. The Morgan fingerprint density at radius 1 is 1.44 bits per heavy atom. The predicted molar refractivity (Wildman–Crippen MR) is 67.3 cm³/mol. The molecule has 1 atom stereocenters. The number of nitrogen functional groups attached to an aromatic ring is 1. The molecule has 16 heavy (non-hydrogen) atoms. The molecule has 0 radical (unpaired) electrons. The van der Waals surface area contributed by atoms with Crippen LogP contribution < -0.4 is 5.73 Å². The summed E-state index contributed by atoms with van der Waals surface area (Å²) >= 11 is 1.30. The van der Waals surface area contributed by atoms with Gasteiger partial charge >= 0.3 is 0 Å². The Morgan fingerprint density at radius 3 is 3.00 bits per heavy atom. The molecule has 2 heterocycles. The topological polar surface area (TPSA) is 55.0 Å². The van der Waals surface area contributed by atoms with Gasteiger partial charge in [0.25, 0.3) is 0 Å². The van der Waals surface area contributed by atoms with Crippen molar-refractivity contribution in [2.75, 3.05) is 12.3 Å². The summed E-state index contributed by atoms with van der Waals surface area (Å²) in [5, 5.41) is 4.89. The van der Waals surface area contributed by atoms with Crippen LogP contribution in [0.1, 0.15) is 44.7 Å². The van der Waals surface area contributed by atoms with Gasteiger partial charge in [0.15, 0.2) is 0 Å². The summed E-state index contributed by atoms with van der Waals surface area (Å²) in [7, 11) is 0. The van der Waals surface area contributed by atoms with Gasteiger partial charge in [0, 0.05) is 24.1 Å². The molecule has 1 aliphatic rings. The minimum atomic E-state index is 0.698. The molecule has 0 aliphatic carbocycles. The van der Waals surface area contributed by atoms with Crippen molar-refractivity contribution in [3.63, 3.8) is 0 Å². The van der Waals surface area contributed by atoms with E-state index in [4.69, 9.17) is 5.73 Å². The molecule has 0 spiro atoms. The van der Waals surface area contributed by atoms with Crippen LogP contribution in [0.2, 0.25) is 0 Å². The maximum absolute atomic E-state index is 5.85. The molecule has 1 unspecified atom stereocenters. The lowest BCUT2D eigenvalue weighted by atomic mass is 10.1. The Hall–Kier alpha value is -0.680. The summed E-state index contributed by atoms with van der Waals surface area (Å²) < 4.78 is 3.90. The minimum Gasteiger partial charge on any atom is -0.388 e. The van der Waals surface area contributed by atoms with Crippen LogP contribution >= 0.6 is 11.5 Å². The smallest absolute Gasteiger partial charge is 0.132 e. The highest BCUT2D eigenvalue weighted by atomic mass is 32.1. The maximum Gasteiger partial charge on any atom is 0.132 e. The van der Waals surface area contributed by atoms with Crippen LogP contribution in [0.5, 0.6) is 0 Å². The van der Waals surface area contributed by atoms with Gasteiger partial charge in [-0.25, -0.2) is 0 Å². The van der Waals surface area contributed by atoms with Gasteiger partial charge in [-0.2, -0.15) is 0 Å². The third-order valence-corrected chi connectivity index (χ3v) is 4.00. The van der Waals surface area contributed by atoms with E-state index >= 15 is 0 Å². The Balaban J connectivity index is 2.03. The first-order valence-corrected chi connectivity index (χ1v) is 6.89. The van der Waals surface area contributed by atoms with Crippen molar-refractivity contribution in [2.24, 2.45) is 0 Å². The number of anilines is 1. The fraction of sp³-hybridized carbons (Fsp3) is 0.818. The summed E-state index contributed by atoms with van der Waals surface area (Å²) in [5.41, 5.74) is 6.81. The molecule has 1 saturated heterocycles. The van der Waals surface area contributed by atoms with Gasteiger partial charge in [0.2, 0.25) is 0 Å². The lowest BCUT2D eigenvalue weighted by Crippen LogP contribution is -2.34. The van der Waals surface area contributed by atoms with E-state index in [0.717, 1.165) is 17.2 Å². The van der Waals surface area contributed by atoms with Gasteiger partial charge in [-0.15, -0.1) is 5.10 Å². The van der Waals surface area contributed by atoms with Crippen LogP contribution in [0.25, 0.3) is 0 Å². The van der Waals surface area contributed by atoms with Crippen LogP contribution in [0, 0.1) is 0 Å². The van der Waals surface area contributed by atoms with E-state index in [-0.39, 0.29) is 0 Å². The van der Waals surface area contributed by atoms with E-state index in [1.54, 1.807) is 0 Å². The van der Waals surface area contributed by atoms with Gasteiger partial charge in [-0.3, -0.25) is 4.90 Å². The molecule has 2 rings (SSSR count). The molecule has 1 aromatic heterocycles. The predicted octanol–water partition coefficient (Wildman–Crippen LogP) is 2.27. The number of nitrogens with two attached hydrogens (primary N) is 1. The van der Waals surface area contributed by atoms with Crippen LogP contribution in [-0.2, 0) is 6.54 Å². The van der Waals surface area contributed by atoms with Gasteiger partial charge in [0.05, 0.1) is 0 Å². The number of likely N-dealkylation sites (tertiary alicyclic amines) is 1. The lowest BCUT2D eigenvalue weighted by Gasteiger charge is -2.28. The van der Waals surface area contributed by atoms with E-state index in [0.29, 0.717) is 6.04 Å². The number of hydrogen-bond acceptors (Lipinski definition) is 5. The van der Waals surface area contributed by atoms with Gasteiger partial charge in [-0.1, -0.05) is 24.3 Å². The zero-order valence-corrected chi connectivity index (χ0v) is 10.7. The second-order valence-electron chi connectivity index (χ2n) is 4.47. The monoisotopic (exact) mass is 240 g/mol. The normalized spacial score (nSPS) is 23.2. The number of nitrogens with zero attached hydrogens (tertiary/aromatic N) is 3. The van der Waals surface area contributed by atoms with Crippen molar-refractivity contribution in [2.45, 2.75) is 51.6 Å². The van der Waals surface area contributed by atoms with Crippen LogP contribution in [-0.4, -0.2) is 27.1 Å². The third kappa shape index (κ3) is 2.71. The Morgan fingerprint density at radius 2 is 2.31 bits per heavy atom. The van der Waals surface area contributed by atoms with Crippen LogP contribution in [0.15, 0.2) is 0 Å². The first kappa shape index (κ1) is 11.8. The standard InChI is InChI=1S/C11H20N4S/c1-2-9-6-4-3-5-7-15(9)8-10-11(12)16-14-13-10/h9H,2-8,12H2,1H3. The fourth-order valence-corrected chi connectivity index (χ4v) is 2.86. The second-order valence-corrected chi connectivity index (χ2v) is 5.25. The SMILES string of the molecule is CCC1CCCCCN1Cc1nnsc1N. The van der Waals surface area contributed by atoms with Crippen molar-refractivity contribution in [3.05, 3.63) is 5.69 Å². The largest absolute Gasteiger partial charge is 0.388 e. The van der Waals surface area contributed by atoms with Crippen molar-refractivity contribution >= 4 is 16.5 Å². The van der Waals surface area contributed by atoms with Crippen molar-refractivity contribution < 1.29 is 0 Å². The van der Waals surface area contributed by atoms with Crippen molar-refractivity contribution in [3.8, 4) is 0 Å². The van der Waals surface area contributed by atoms with E-state index in [1.807, 2.05) is 0 Å². The molecule has 1 aromatic rings. The minimum absolute atomic E-state index is 0.698. The molecular weight excluding hydrogens is 220 g/mol. The van der Waals surface area contributed by atoms with Crippen LogP contribution in [0.4, 0.5) is 5.00 Å². The van der Waals surface area contributed by atoms with Crippen molar-refractivity contribution in [1.29, 1.82) is 0 Å². The number of aromatic nitrogens is 2. The molecule has 0 amide bonds. The molecule has 2 N–H and O–H groups in total. The molecular formula is C11H20N4S. The lowest BCUT2D eigenvalue weighted by molar-refractivity contribution is 0.184. The molecule has 0 aromatic carbocycles. The average molecular weight is 240 g/mol. The molecule has 90 valence electrons. The van der Waals surface area contributed by atoms with E-state index in [2.05, 4.69) is 21.4 Å². The molecule has 5 heteroatoms. The molecule has 1 fully saturated rings. The highest BCUT2D eigenvalue weighted by Crippen LogP contribution is 2.23. The first-order valence-electron chi connectivity index (χ1n) is 6.12. The van der Waals surface area contributed by atoms with Crippen molar-refractivity contribution in [1.82, 2.24) is 14.5 Å². The van der Waals surface area contributed by atoms with Gasteiger partial charge in [0.1, 0.15) is 10.7 Å². The van der Waals surface area contributed by atoms with E-state index < -0.39 is 0 Å². The quantitative estimate of drug-likeness (QED) is 0.880. The molecule has 0 bridgehead atoms. The van der Waals surface area contributed by atoms with Crippen LogP contribution in [0.3, 0.4) is 0 Å². The Kier molecular flexibility index (Phi) is 4.12. The van der Waals surface area contributed by atoms with E-state index in [9.17, 15) is 0 Å². The first-order chi connectivity index (χ1) is 7.81. The molecule has 0 saturated carbocycles. The van der Waals surface area contributed by atoms with E-state index in [1.165, 1.54) is 50.2 Å². The summed E-state index contributed by atoms with van der Waals surface area (Å²) in [4.78, 5) is 2.53. The van der Waals surface area contributed by atoms with Gasteiger partial charge < -0.3 is 5.73 Å². The summed E-state index contributed by atoms with van der Waals surface area (Å²) in [6.07, 6.45) is 6.55. The Bertz CT molecular complexity index is 326. The molecule has 4 nitrogen and oxygen atoms in total. The highest BCUT2D eigenvalue weighted by Gasteiger charge is 2.21. The summed E-state index contributed by atoms with van der Waals surface area (Å²) in [6, 6.07) is 0.698. The molecule has 1 aliphatic heterocycles. The second kappa shape index (κ2) is 5.59. The Labute approximate surface area is 101 Å². The highest BCUT2D eigenvalue weighted by molar-refractivity contribution is 7.09. The zero-order chi connectivity index (χ0) is 11.4. The third-order valence-electron chi connectivity index (χ3n) is 3.41. The number of rotatable bonds is 3. The zero-order valence-electron chi connectivity index (χ0n) is 9.85. The summed E-state index contributed by atoms with van der Waals surface area (Å²) in [6.45, 7) is 4.32. The summed E-state index contributed by atoms with van der Waals surface area (Å²) in [5.74, 6) is 0. The number of hydrogen-bond donors (Lipinski definition) is 1.